The van der Waals surface area contributed by atoms with E-state index in [4.69, 9.17) is 4.42 Å². The highest BCUT2D eigenvalue weighted by Gasteiger charge is 2.17. The van der Waals surface area contributed by atoms with Gasteiger partial charge in [-0.3, -0.25) is 4.68 Å². The summed E-state index contributed by atoms with van der Waals surface area (Å²) in [6, 6.07) is 1.73. The Hall–Kier alpha value is -1.62. The third kappa shape index (κ3) is 1.42. The third-order valence-corrected chi connectivity index (χ3v) is 2.09. The van der Waals surface area contributed by atoms with Crippen molar-refractivity contribution in [1.82, 2.24) is 15.0 Å². The standard InChI is InChI=1S/C9H11N3O2/c1-6-7(3-4-14-6)9(13)8-5-12(2)11-10-8/h3-5,9,13H,1-2H3. The van der Waals surface area contributed by atoms with E-state index in [2.05, 4.69) is 10.3 Å². The van der Waals surface area contributed by atoms with Gasteiger partial charge in [0.15, 0.2) is 0 Å². The summed E-state index contributed by atoms with van der Waals surface area (Å²) >= 11 is 0. The first-order valence-electron chi connectivity index (χ1n) is 4.27. The van der Waals surface area contributed by atoms with Crippen molar-refractivity contribution in [2.45, 2.75) is 13.0 Å². The molecule has 0 radical (unpaired) electrons. The lowest BCUT2D eigenvalue weighted by Crippen LogP contribution is -2.00. The Morgan fingerprint density at radius 3 is 2.86 bits per heavy atom. The molecule has 0 amide bonds. The lowest BCUT2D eigenvalue weighted by Gasteiger charge is -2.04. The van der Waals surface area contributed by atoms with Gasteiger partial charge in [0.05, 0.1) is 12.5 Å². The maximum atomic E-state index is 9.90. The van der Waals surface area contributed by atoms with Crippen molar-refractivity contribution in [2.24, 2.45) is 7.05 Å². The average molecular weight is 193 g/mol. The van der Waals surface area contributed by atoms with Gasteiger partial charge in [-0.25, -0.2) is 0 Å². The molecule has 5 nitrogen and oxygen atoms in total. The van der Waals surface area contributed by atoms with Crippen LogP contribution in [0.25, 0.3) is 0 Å². The maximum absolute atomic E-state index is 9.90. The Morgan fingerprint density at radius 2 is 2.36 bits per heavy atom. The second-order valence-electron chi connectivity index (χ2n) is 3.15. The zero-order valence-corrected chi connectivity index (χ0v) is 8.01. The molecule has 2 aromatic heterocycles. The normalized spacial score (nSPS) is 13.1. The number of hydrogen-bond acceptors (Lipinski definition) is 4. The van der Waals surface area contributed by atoms with Gasteiger partial charge in [0.25, 0.3) is 0 Å². The summed E-state index contributed by atoms with van der Waals surface area (Å²) in [4.78, 5) is 0. The van der Waals surface area contributed by atoms with Gasteiger partial charge in [-0.1, -0.05) is 5.21 Å². The van der Waals surface area contributed by atoms with Crippen LogP contribution in [-0.2, 0) is 7.05 Å². The number of aryl methyl sites for hydroxylation is 2. The van der Waals surface area contributed by atoms with Crippen molar-refractivity contribution in [1.29, 1.82) is 0 Å². The fourth-order valence-corrected chi connectivity index (χ4v) is 1.33. The Balaban J connectivity index is 2.33. The Morgan fingerprint density at radius 1 is 1.57 bits per heavy atom. The monoisotopic (exact) mass is 193 g/mol. The van der Waals surface area contributed by atoms with Crippen LogP contribution in [0.1, 0.15) is 23.1 Å². The first kappa shape index (κ1) is 8.96. The molecule has 0 spiro atoms. The van der Waals surface area contributed by atoms with Crippen molar-refractivity contribution < 1.29 is 9.52 Å². The van der Waals surface area contributed by atoms with Gasteiger partial charge in [0, 0.05) is 12.6 Å². The van der Waals surface area contributed by atoms with E-state index in [1.807, 2.05) is 0 Å². The van der Waals surface area contributed by atoms with E-state index in [1.165, 1.54) is 0 Å². The first-order valence-corrected chi connectivity index (χ1v) is 4.27. The minimum atomic E-state index is -0.762. The van der Waals surface area contributed by atoms with E-state index in [0.29, 0.717) is 11.5 Å². The maximum Gasteiger partial charge on any atom is 0.128 e. The quantitative estimate of drug-likeness (QED) is 0.766. The van der Waals surface area contributed by atoms with Gasteiger partial charge in [-0.2, -0.15) is 0 Å². The fraction of sp³-hybridized carbons (Fsp3) is 0.333. The summed E-state index contributed by atoms with van der Waals surface area (Å²) in [5, 5.41) is 17.5. The minimum Gasteiger partial charge on any atom is -0.469 e. The Kier molecular flexibility index (Phi) is 2.09. The van der Waals surface area contributed by atoms with Gasteiger partial charge in [-0.05, 0) is 13.0 Å². The highest BCUT2D eigenvalue weighted by molar-refractivity contribution is 5.25. The molecular weight excluding hydrogens is 182 g/mol. The van der Waals surface area contributed by atoms with Gasteiger partial charge in [0.2, 0.25) is 0 Å². The van der Waals surface area contributed by atoms with E-state index in [1.54, 1.807) is 37.2 Å². The van der Waals surface area contributed by atoms with Gasteiger partial charge in [0.1, 0.15) is 17.6 Å². The highest BCUT2D eigenvalue weighted by Crippen LogP contribution is 2.23. The molecule has 0 fully saturated rings. The predicted molar refractivity (Wildman–Crippen MR) is 48.5 cm³/mol. The molecule has 2 rings (SSSR count). The van der Waals surface area contributed by atoms with E-state index < -0.39 is 6.10 Å². The molecule has 14 heavy (non-hydrogen) atoms. The van der Waals surface area contributed by atoms with Crippen molar-refractivity contribution in [3.05, 3.63) is 35.5 Å². The van der Waals surface area contributed by atoms with E-state index >= 15 is 0 Å². The minimum absolute atomic E-state index is 0.525. The molecule has 0 saturated carbocycles. The zero-order valence-electron chi connectivity index (χ0n) is 8.01. The predicted octanol–water partition coefficient (Wildman–Crippen LogP) is 0.798. The van der Waals surface area contributed by atoms with Gasteiger partial charge in [-0.15, -0.1) is 5.10 Å². The van der Waals surface area contributed by atoms with Crippen molar-refractivity contribution in [3.63, 3.8) is 0 Å². The smallest absolute Gasteiger partial charge is 0.128 e. The topological polar surface area (TPSA) is 64.1 Å². The molecule has 0 bridgehead atoms. The van der Waals surface area contributed by atoms with Crippen molar-refractivity contribution >= 4 is 0 Å². The van der Waals surface area contributed by atoms with Crippen LogP contribution in [0.5, 0.6) is 0 Å². The second-order valence-corrected chi connectivity index (χ2v) is 3.15. The number of aliphatic hydroxyl groups excluding tert-OH is 1. The Labute approximate surface area is 81.0 Å². The molecule has 2 heterocycles. The van der Waals surface area contributed by atoms with Crippen LogP contribution < -0.4 is 0 Å². The molecular formula is C9H11N3O2. The van der Waals surface area contributed by atoms with Crippen LogP contribution in [0.15, 0.2) is 22.9 Å². The SMILES string of the molecule is Cc1occc1C(O)c1cn(C)nn1. The zero-order chi connectivity index (χ0) is 10.1. The lowest BCUT2D eigenvalue weighted by atomic mass is 10.1. The van der Waals surface area contributed by atoms with Gasteiger partial charge >= 0.3 is 0 Å². The third-order valence-electron chi connectivity index (χ3n) is 2.09. The molecule has 74 valence electrons. The molecule has 1 N–H and O–H groups in total. The van der Waals surface area contributed by atoms with Crippen molar-refractivity contribution in [3.8, 4) is 0 Å². The number of hydrogen-bond donors (Lipinski definition) is 1. The molecule has 1 unspecified atom stereocenters. The number of aliphatic hydroxyl groups is 1. The molecule has 0 aliphatic heterocycles. The summed E-state index contributed by atoms with van der Waals surface area (Å²) in [5.74, 6) is 0.697. The summed E-state index contributed by atoms with van der Waals surface area (Å²) in [7, 11) is 1.76. The summed E-state index contributed by atoms with van der Waals surface area (Å²) in [5.41, 5.74) is 1.25. The molecule has 0 saturated heterocycles. The lowest BCUT2D eigenvalue weighted by molar-refractivity contribution is 0.213. The van der Waals surface area contributed by atoms with Crippen LogP contribution in [-0.4, -0.2) is 20.1 Å². The molecule has 0 aliphatic carbocycles. The molecule has 5 heteroatoms. The van der Waals surface area contributed by atoms with Crippen LogP contribution in [0.4, 0.5) is 0 Å². The molecule has 0 aromatic carbocycles. The van der Waals surface area contributed by atoms with E-state index in [9.17, 15) is 5.11 Å². The molecule has 1 atom stereocenters. The molecule has 0 aliphatic rings. The van der Waals surface area contributed by atoms with Crippen LogP contribution in [0, 0.1) is 6.92 Å². The highest BCUT2D eigenvalue weighted by atomic mass is 16.3. The number of rotatable bonds is 2. The number of furan rings is 1. The summed E-state index contributed by atoms with van der Waals surface area (Å²) in [6.07, 6.45) is 2.46. The summed E-state index contributed by atoms with van der Waals surface area (Å²) in [6.45, 7) is 1.80. The van der Waals surface area contributed by atoms with Gasteiger partial charge < -0.3 is 9.52 Å². The van der Waals surface area contributed by atoms with Crippen molar-refractivity contribution in [2.75, 3.05) is 0 Å². The second kappa shape index (κ2) is 3.26. The first-order chi connectivity index (χ1) is 6.68. The van der Waals surface area contributed by atoms with Crippen LogP contribution >= 0.6 is 0 Å². The Bertz CT molecular complexity index is 433. The number of aromatic nitrogens is 3. The molecule has 2 aromatic rings. The largest absolute Gasteiger partial charge is 0.469 e. The average Bonchev–Trinajstić information content (AvgIpc) is 2.73. The summed E-state index contributed by atoms with van der Waals surface area (Å²) < 4.78 is 6.65. The van der Waals surface area contributed by atoms with Crippen LogP contribution in [0.2, 0.25) is 0 Å². The van der Waals surface area contributed by atoms with Crippen LogP contribution in [0.3, 0.4) is 0 Å². The van der Waals surface area contributed by atoms with E-state index in [0.717, 1.165) is 5.56 Å². The fourth-order valence-electron chi connectivity index (χ4n) is 1.33. The number of nitrogens with zero attached hydrogens (tertiary/aromatic N) is 3. The van der Waals surface area contributed by atoms with E-state index in [-0.39, 0.29) is 0 Å².